The molecule has 1 amide bonds. The molecular formula is C15H17N3O3S. The highest BCUT2D eigenvalue weighted by Crippen LogP contribution is 2.16. The Labute approximate surface area is 129 Å². The number of rotatable bonds is 4. The van der Waals surface area contributed by atoms with Gasteiger partial charge in [-0.1, -0.05) is 30.3 Å². The average molecular weight is 319 g/mol. The first-order chi connectivity index (χ1) is 10.5. The zero-order chi connectivity index (χ0) is 15.6. The molecule has 0 unspecified atom stereocenters. The zero-order valence-corrected chi connectivity index (χ0v) is 12.8. The molecule has 0 bridgehead atoms. The van der Waals surface area contributed by atoms with Crippen LogP contribution in [0.4, 0.5) is 0 Å². The summed E-state index contributed by atoms with van der Waals surface area (Å²) < 4.78 is 24.3. The maximum atomic E-state index is 12.0. The van der Waals surface area contributed by atoms with E-state index >= 15 is 0 Å². The van der Waals surface area contributed by atoms with Crippen LogP contribution in [0.3, 0.4) is 0 Å². The Kier molecular flexibility index (Phi) is 3.98. The number of nitrogens with zero attached hydrogens (tertiary/aromatic N) is 2. The summed E-state index contributed by atoms with van der Waals surface area (Å²) in [5, 5.41) is 7.11. The molecule has 1 atom stereocenters. The number of nitrogens with one attached hydrogen (secondary N) is 1. The van der Waals surface area contributed by atoms with E-state index in [1.807, 2.05) is 36.4 Å². The molecule has 0 spiro atoms. The van der Waals surface area contributed by atoms with Crippen LogP contribution in [-0.2, 0) is 21.2 Å². The van der Waals surface area contributed by atoms with Crippen molar-refractivity contribution in [2.24, 2.45) is 0 Å². The van der Waals surface area contributed by atoms with Crippen molar-refractivity contribution in [1.82, 2.24) is 15.1 Å². The fraction of sp³-hybridized carbons (Fsp3) is 0.333. The molecule has 1 fully saturated rings. The molecule has 7 heteroatoms. The molecule has 6 nitrogen and oxygen atoms in total. The third kappa shape index (κ3) is 3.54. The van der Waals surface area contributed by atoms with Crippen LogP contribution in [-0.4, -0.2) is 41.7 Å². The van der Waals surface area contributed by atoms with Crippen molar-refractivity contribution in [3.63, 3.8) is 0 Å². The van der Waals surface area contributed by atoms with Crippen molar-refractivity contribution < 1.29 is 13.2 Å². The van der Waals surface area contributed by atoms with Gasteiger partial charge in [0.05, 0.1) is 17.2 Å². The van der Waals surface area contributed by atoms with Crippen LogP contribution in [0.15, 0.2) is 42.6 Å². The standard InChI is InChI=1S/C15H17N3O3S/c19-15(16-13-7-9-22(20,21)11-13)10-18-8-6-14(17-18)12-4-2-1-3-5-12/h1-6,8,13H,7,9-11H2,(H,16,19)/t13-/m0/s1. The van der Waals surface area contributed by atoms with Crippen LogP contribution in [0, 0.1) is 0 Å². The smallest absolute Gasteiger partial charge is 0.241 e. The summed E-state index contributed by atoms with van der Waals surface area (Å²) in [6.07, 6.45) is 2.23. The second-order valence-electron chi connectivity index (χ2n) is 5.43. The highest BCUT2D eigenvalue weighted by molar-refractivity contribution is 7.91. The van der Waals surface area contributed by atoms with E-state index in [2.05, 4.69) is 10.4 Å². The van der Waals surface area contributed by atoms with Crippen molar-refractivity contribution >= 4 is 15.7 Å². The number of carbonyl (C=O) groups is 1. The van der Waals surface area contributed by atoms with Gasteiger partial charge in [0.2, 0.25) is 5.91 Å². The molecule has 0 aliphatic carbocycles. The van der Waals surface area contributed by atoms with Gasteiger partial charge in [0.1, 0.15) is 6.54 Å². The Morgan fingerprint density at radius 1 is 1.27 bits per heavy atom. The lowest BCUT2D eigenvalue weighted by Crippen LogP contribution is -2.37. The predicted molar refractivity (Wildman–Crippen MR) is 82.9 cm³/mol. The monoisotopic (exact) mass is 319 g/mol. The normalized spacial score (nSPS) is 19.9. The Morgan fingerprint density at radius 3 is 2.73 bits per heavy atom. The summed E-state index contributed by atoms with van der Waals surface area (Å²) in [5.41, 5.74) is 1.79. The third-order valence-electron chi connectivity index (χ3n) is 3.61. The van der Waals surface area contributed by atoms with Gasteiger partial charge in [0, 0.05) is 17.8 Å². The van der Waals surface area contributed by atoms with Crippen LogP contribution >= 0.6 is 0 Å². The van der Waals surface area contributed by atoms with Crippen LogP contribution in [0.2, 0.25) is 0 Å². The van der Waals surface area contributed by atoms with Crippen LogP contribution < -0.4 is 5.32 Å². The minimum atomic E-state index is -2.98. The molecular weight excluding hydrogens is 302 g/mol. The maximum Gasteiger partial charge on any atom is 0.241 e. The van der Waals surface area contributed by atoms with Gasteiger partial charge in [-0.15, -0.1) is 0 Å². The summed E-state index contributed by atoms with van der Waals surface area (Å²) in [4.78, 5) is 12.0. The number of carbonyl (C=O) groups excluding carboxylic acids is 1. The summed E-state index contributed by atoms with van der Waals surface area (Å²) in [5.74, 6) is -0.0323. The molecule has 0 saturated carbocycles. The molecule has 1 aromatic carbocycles. The van der Waals surface area contributed by atoms with E-state index in [1.165, 1.54) is 0 Å². The Morgan fingerprint density at radius 2 is 2.05 bits per heavy atom. The Hall–Kier alpha value is -2.15. The number of amides is 1. The highest BCUT2D eigenvalue weighted by atomic mass is 32.2. The third-order valence-corrected chi connectivity index (χ3v) is 5.38. The minimum absolute atomic E-state index is 0.0348. The Balaban J connectivity index is 1.60. The molecule has 3 rings (SSSR count). The molecule has 1 aromatic heterocycles. The van der Waals surface area contributed by atoms with Gasteiger partial charge in [0.25, 0.3) is 0 Å². The molecule has 1 aliphatic rings. The van der Waals surface area contributed by atoms with Gasteiger partial charge >= 0.3 is 0 Å². The van der Waals surface area contributed by atoms with E-state index < -0.39 is 9.84 Å². The molecule has 1 saturated heterocycles. The van der Waals surface area contributed by atoms with Gasteiger partial charge in [0.15, 0.2) is 9.84 Å². The lowest BCUT2D eigenvalue weighted by Gasteiger charge is -2.10. The average Bonchev–Trinajstić information content (AvgIpc) is 3.06. The van der Waals surface area contributed by atoms with E-state index in [0.29, 0.717) is 6.42 Å². The number of sulfone groups is 1. The number of aromatic nitrogens is 2. The van der Waals surface area contributed by atoms with E-state index in [9.17, 15) is 13.2 Å². The summed E-state index contributed by atoms with van der Waals surface area (Å²) in [6.45, 7) is 0.0867. The number of hydrogen-bond acceptors (Lipinski definition) is 4. The van der Waals surface area contributed by atoms with Crippen molar-refractivity contribution in [1.29, 1.82) is 0 Å². The van der Waals surface area contributed by atoms with Crippen molar-refractivity contribution in [2.75, 3.05) is 11.5 Å². The molecule has 116 valence electrons. The molecule has 1 aliphatic heterocycles. The minimum Gasteiger partial charge on any atom is -0.351 e. The molecule has 2 heterocycles. The topological polar surface area (TPSA) is 81.1 Å². The lowest BCUT2D eigenvalue weighted by atomic mass is 10.2. The van der Waals surface area contributed by atoms with E-state index in [1.54, 1.807) is 10.9 Å². The quantitative estimate of drug-likeness (QED) is 0.906. The summed E-state index contributed by atoms with van der Waals surface area (Å²) >= 11 is 0. The van der Waals surface area contributed by atoms with Crippen LogP contribution in [0.5, 0.6) is 0 Å². The highest BCUT2D eigenvalue weighted by Gasteiger charge is 2.28. The molecule has 2 aromatic rings. The van der Waals surface area contributed by atoms with Gasteiger partial charge in [-0.25, -0.2) is 8.42 Å². The van der Waals surface area contributed by atoms with Crippen LogP contribution in [0.1, 0.15) is 6.42 Å². The number of benzene rings is 1. The molecule has 1 N–H and O–H groups in total. The first kappa shape index (κ1) is 14.8. The fourth-order valence-electron chi connectivity index (χ4n) is 2.54. The SMILES string of the molecule is O=C(Cn1ccc(-c2ccccc2)n1)N[C@H]1CCS(=O)(=O)C1. The molecule has 22 heavy (non-hydrogen) atoms. The second kappa shape index (κ2) is 5.92. The first-order valence-corrected chi connectivity index (χ1v) is 8.93. The second-order valence-corrected chi connectivity index (χ2v) is 7.66. The summed E-state index contributed by atoms with van der Waals surface area (Å²) in [6, 6.07) is 11.3. The first-order valence-electron chi connectivity index (χ1n) is 7.10. The largest absolute Gasteiger partial charge is 0.351 e. The van der Waals surface area contributed by atoms with E-state index in [-0.39, 0.29) is 30.0 Å². The van der Waals surface area contributed by atoms with Crippen molar-refractivity contribution in [2.45, 2.75) is 19.0 Å². The van der Waals surface area contributed by atoms with Gasteiger partial charge in [-0.2, -0.15) is 5.10 Å². The van der Waals surface area contributed by atoms with E-state index in [4.69, 9.17) is 0 Å². The van der Waals surface area contributed by atoms with Gasteiger partial charge < -0.3 is 5.32 Å². The summed E-state index contributed by atoms with van der Waals surface area (Å²) in [7, 11) is -2.98. The predicted octanol–water partition coefficient (Wildman–Crippen LogP) is 0.853. The van der Waals surface area contributed by atoms with Crippen molar-refractivity contribution in [3.8, 4) is 11.3 Å². The zero-order valence-electron chi connectivity index (χ0n) is 12.0. The fourth-order valence-corrected chi connectivity index (χ4v) is 4.22. The lowest BCUT2D eigenvalue weighted by molar-refractivity contribution is -0.122. The van der Waals surface area contributed by atoms with Crippen LogP contribution in [0.25, 0.3) is 11.3 Å². The van der Waals surface area contributed by atoms with Gasteiger partial charge in [-0.05, 0) is 12.5 Å². The molecule has 0 radical (unpaired) electrons. The number of hydrogen-bond donors (Lipinski definition) is 1. The van der Waals surface area contributed by atoms with Crippen molar-refractivity contribution in [3.05, 3.63) is 42.6 Å². The van der Waals surface area contributed by atoms with E-state index in [0.717, 1.165) is 11.3 Å². The Bertz CT molecular complexity index is 768. The maximum absolute atomic E-state index is 12.0. The van der Waals surface area contributed by atoms with Gasteiger partial charge in [-0.3, -0.25) is 9.48 Å².